The Labute approximate surface area is 407 Å². The molecule has 0 saturated heterocycles. The summed E-state index contributed by atoms with van der Waals surface area (Å²) in [6.07, 6.45) is 3.86. The Bertz CT molecular complexity index is 3790. The van der Waals surface area contributed by atoms with Crippen molar-refractivity contribution in [3.05, 3.63) is 132 Å². The van der Waals surface area contributed by atoms with E-state index in [1.165, 1.54) is 33.8 Å². The Hall–Kier alpha value is -6.92. The molecule has 5 aromatic heterocycles. The fourth-order valence-corrected chi connectivity index (χ4v) is 12.9. The minimum Gasteiger partial charge on any atom is -0.422 e. The van der Waals surface area contributed by atoms with Crippen LogP contribution in [0, 0.1) is 0 Å². The lowest BCUT2D eigenvalue weighted by Gasteiger charge is -2.48. The van der Waals surface area contributed by atoms with E-state index in [9.17, 15) is 14.4 Å². The number of anilines is 2. The van der Waals surface area contributed by atoms with Crippen LogP contribution in [0.25, 0.3) is 87.6 Å². The summed E-state index contributed by atoms with van der Waals surface area (Å²) >= 11 is 1.31. The lowest BCUT2D eigenvalue weighted by Crippen LogP contribution is -2.44. The zero-order valence-electron chi connectivity index (χ0n) is 40.8. The van der Waals surface area contributed by atoms with Gasteiger partial charge in [0.05, 0.1) is 10.4 Å². The fraction of sp³-hybridized carbons (Fsp3) is 0.345. The topological polar surface area (TPSA) is 136 Å². The van der Waals surface area contributed by atoms with Gasteiger partial charge in [-0.05, 0) is 124 Å². The van der Waals surface area contributed by atoms with E-state index in [2.05, 4.69) is 77.3 Å². The molecule has 0 aliphatic carbocycles. The average Bonchev–Trinajstić information content (AvgIpc) is 3.81. The van der Waals surface area contributed by atoms with E-state index in [1.807, 2.05) is 66.7 Å². The molecule has 0 amide bonds. The first-order valence-corrected chi connectivity index (χ1v) is 25.3. The van der Waals surface area contributed by atoms with E-state index >= 15 is 0 Å². The highest BCUT2D eigenvalue weighted by Crippen LogP contribution is 2.54. The van der Waals surface area contributed by atoms with Gasteiger partial charge in [-0.25, -0.2) is 29.3 Å². The highest BCUT2D eigenvalue weighted by atomic mass is 32.1. The first kappa shape index (κ1) is 43.1. The van der Waals surface area contributed by atoms with Crippen molar-refractivity contribution >= 4 is 66.4 Å². The van der Waals surface area contributed by atoms with Gasteiger partial charge in [0, 0.05) is 69.7 Å². The molecule has 70 heavy (non-hydrogen) atoms. The molecule has 0 atom stereocenters. The molecule has 12 heteroatoms. The molecule has 13 rings (SSSR count). The Kier molecular flexibility index (Phi) is 8.98. The van der Waals surface area contributed by atoms with Crippen LogP contribution >= 0.6 is 11.3 Å². The third-order valence-electron chi connectivity index (χ3n) is 16.3. The van der Waals surface area contributed by atoms with Crippen LogP contribution in [0.5, 0.6) is 0 Å². The molecule has 9 heterocycles. The largest absolute Gasteiger partial charge is 0.422 e. The molecule has 0 unspecified atom stereocenters. The summed E-state index contributed by atoms with van der Waals surface area (Å²) in [5, 5.41) is 4.38. The van der Waals surface area contributed by atoms with Crippen molar-refractivity contribution in [3.63, 3.8) is 0 Å². The van der Waals surface area contributed by atoms with Gasteiger partial charge in [-0.3, -0.25) is 0 Å². The standard InChI is InChI=1S/C58H53N5O6S/c1-55(2)15-19-62-21-17-57(5,6)43-45(62)38(55)27-33-25-36(53(65)68-47(33)43)49-59-50(37-26-34-28-39-46-44(48(34)69-54(37)66)58(7,8)18-22-63(46)20-16-56(39,3)4)61-51(60-49)42-14-13-41(70-42)35-24-32-23-30-11-9-10-12-31(30)29-40(32)67-52(35)64/h9-14,23-29H,15-22H2,1-8H3. The summed E-state index contributed by atoms with van der Waals surface area (Å²) in [7, 11) is 0. The number of hydrogen-bond acceptors (Lipinski definition) is 12. The number of rotatable bonds is 4. The summed E-state index contributed by atoms with van der Waals surface area (Å²) in [5.41, 5.74) is 6.94. The van der Waals surface area contributed by atoms with Gasteiger partial charge < -0.3 is 23.1 Å². The van der Waals surface area contributed by atoms with E-state index in [4.69, 9.17) is 28.2 Å². The van der Waals surface area contributed by atoms with Crippen LogP contribution < -0.4 is 26.7 Å². The Morgan fingerprint density at radius 3 is 1.43 bits per heavy atom. The highest BCUT2D eigenvalue weighted by molar-refractivity contribution is 7.18. The summed E-state index contributed by atoms with van der Waals surface area (Å²) in [6, 6.07) is 25.5. The van der Waals surface area contributed by atoms with Crippen molar-refractivity contribution in [1.82, 2.24) is 15.0 Å². The Balaban J connectivity index is 1.02. The van der Waals surface area contributed by atoms with Gasteiger partial charge in [-0.2, -0.15) is 0 Å². The highest BCUT2D eigenvalue weighted by Gasteiger charge is 2.44. The van der Waals surface area contributed by atoms with Crippen LogP contribution in [-0.2, 0) is 21.7 Å². The second kappa shape index (κ2) is 14.6. The second-order valence-corrected chi connectivity index (χ2v) is 23.8. The number of thiophene rings is 1. The first-order valence-electron chi connectivity index (χ1n) is 24.5. The number of fused-ring (bicyclic) bond motifs is 6. The maximum atomic E-state index is 14.6. The van der Waals surface area contributed by atoms with Gasteiger partial charge in [0.15, 0.2) is 17.5 Å². The molecule has 0 radical (unpaired) electrons. The predicted molar refractivity (Wildman–Crippen MR) is 280 cm³/mol. The predicted octanol–water partition coefficient (Wildman–Crippen LogP) is 12.4. The Morgan fingerprint density at radius 2 is 0.900 bits per heavy atom. The molecule has 0 bridgehead atoms. The van der Waals surface area contributed by atoms with Crippen LogP contribution in [0.3, 0.4) is 0 Å². The van der Waals surface area contributed by atoms with E-state index < -0.39 is 16.9 Å². The fourth-order valence-electron chi connectivity index (χ4n) is 11.9. The van der Waals surface area contributed by atoms with E-state index in [0.29, 0.717) is 32.1 Å². The van der Waals surface area contributed by atoms with Crippen LogP contribution in [0.1, 0.15) is 103 Å². The maximum absolute atomic E-state index is 14.6. The summed E-state index contributed by atoms with van der Waals surface area (Å²) < 4.78 is 18.8. The monoisotopic (exact) mass is 947 g/mol. The summed E-state index contributed by atoms with van der Waals surface area (Å²) in [5.74, 6) is 0.350. The molecule has 4 aliphatic rings. The minimum atomic E-state index is -0.590. The van der Waals surface area contributed by atoms with Gasteiger partial charge in [-0.15, -0.1) is 11.3 Å². The SMILES string of the molecule is CC1(C)CCN2CCC(C)(C)c3c2c1cc1cc(-c2nc(-c4ccc(-c5cc6cc7ccccc7cc6oc5=O)s4)nc(-c4cc5cc6c7c(c5oc4=O)C(C)(C)CCN7CCC6(C)C)n2)c(=O)oc31. The van der Waals surface area contributed by atoms with Gasteiger partial charge >= 0.3 is 16.9 Å². The van der Waals surface area contributed by atoms with Crippen molar-refractivity contribution in [3.8, 4) is 43.9 Å². The van der Waals surface area contributed by atoms with Gasteiger partial charge in [0.2, 0.25) is 0 Å². The summed E-state index contributed by atoms with van der Waals surface area (Å²) in [4.78, 5) is 64.0. The smallest absolute Gasteiger partial charge is 0.347 e. The van der Waals surface area contributed by atoms with Crippen molar-refractivity contribution < 1.29 is 13.3 Å². The van der Waals surface area contributed by atoms with Crippen LogP contribution in [0.2, 0.25) is 0 Å². The average molecular weight is 948 g/mol. The third kappa shape index (κ3) is 6.44. The molecular formula is C58H53N5O6S. The van der Waals surface area contributed by atoms with Gasteiger partial charge in [-0.1, -0.05) is 79.7 Å². The number of aromatic nitrogens is 3. The second-order valence-electron chi connectivity index (χ2n) is 22.7. The Morgan fingerprint density at radius 1 is 0.457 bits per heavy atom. The molecule has 11 nitrogen and oxygen atoms in total. The van der Waals surface area contributed by atoms with Crippen LogP contribution in [-0.4, -0.2) is 41.1 Å². The number of nitrogens with zero attached hydrogens (tertiary/aromatic N) is 5. The maximum Gasteiger partial charge on any atom is 0.347 e. The molecule has 0 saturated carbocycles. The number of hydrogen-bond donors (Lipinski definition) is 0. The lowest BCUT2D eigenvalue weighted by atomic mass is 9.69. The minimum absolute atomic E-state index is 0.0622. The van der Waals surface area contributed by atoms with Crippen molar-refractivity contribution in [1.29, 1.82) is 0 Å². The van der Waals surface area contributed by atoms with Gasteiger partial charge in [0.25, 0.3) is 0 Å². The molecule has 4 aromatic carbocycles. The first-order chi connectivity index (χ1) is 33.3. The molecule has 352 valence electrons. The molecule has 0 spiro atoms. The van der Waals surface area contributed by atoms with E-state index in [1.54, 1.807) is 0 Å². The molecule has 0 fully saturated rings. The molecular weight excluding hydrogens is 895 g/mol. The molecule has 9 aromatic rings. The molecule has 0 N–H and O–H groups in total. The molecule has 4 aliphatic heterocycles. The van der Waals surface area contributed by atoms with Crippen LogP contribution in [0.15, 0.2) is 106 Å². The number of benzene rings is 4. The van der Waals surface area contributed by atoms with Gasteiger partial charge in [0.1, 0.15) is 27.9 Å². The van der Waals surface area contributed by atoms with Crippen molar-refractivity contribution in [2.45, 2.75) is 103 Å². The van der Waals surface area contributed by atoms with Crippen LogP contribution in [0.4, 0.5) is 11.4 Å². The van der Waals surface area contributed by atoms with Crippen molar-refractivity contribution in [2.75, 3.05) is 36.0 Å². The quantitative estimate of drug-likeness (QED) is 0.123. The van der Waals surface area contributed by atoms with E-state index in [0.717, 1.165) is 89.9 Å². The normalized spacial score (nSPS) is 18.4. The summed E-state index contributed by atoms with van der Waals surface area (Å²) in [6.45, 7) is 21.9. The lowest BCUT2D eigenvalue weighted by molar-refractivity contribution is 0.398. The zero-order chi connectivity index (χ0) is 48.4. The third-order valence-corrected chi connectivity index (χ3v) is 17.4. The van der Waals surface area contributed by atoms with Crippen molar-refractivity contribution in [2.24, 2.45) is 0 Å². The van der Waals surface area contributed by atoms with E-state index in [-0.39, 0.29) is 50.3 Å². The zero-order valence-corrected chi connectivity index (χ0v) is 41.6.